The van der Waals surface area contributed by atoms with Crippen LogP contribution in [0.3, 0.4) is 0 Å². The molecular weight excluding hydrogens is 378 g/mol. The second-order valence-electron chi connectivity index (χ2n) is 6.91. The summed E-state index contributed by atoms with van der Waals surface area (Å²) in [5, 5.41) is 2.91. The van der Waals surface area contributed by atoms with Crippen molar-refractivity contribution < 1.29 is 17.9 Å². The summed E-state index contributed by atoms with van der Waals surface area (Å²) in [6.45, 7) is 2.89. The molecule has 1 aliphatic rings. The highest BCUT2D eigenvalue weighted by Crippen LogP contribution is 2.30. The van der Waals surface area contributed by atoms with Gasteiger partial charge >= 0.3 is 0 Å². The Morgan fingerprint density at radius 1 is 1.29 bits per heavy atom. The smallest absolute Gasteiger partial charge is 0.246 e. The molecule has 28 heavy (non-hydrogen) atoms. The molecule has 1 aliphatic heterocycles. The molecule has 1 amide bonds. The van der Waals surface area contributed by atoms with Gasteiger partial charge < -0.3 is 10.1 Å². The monoisotopic (exact) mass is 403 g/mol. The number of carbonyl (C=O) groups excluding carboxylic acids is 1. The molecule has 0 unspecified atom stereocenters. The van der Waals surface area contributed by atoms with Gasteiger partial charge in [0, 0.05) is 37.9 Å². The second-order valence-corrected chi connectivity index (χ2v) is 8.82. The first-order valence-corrected chi connectivity index (χ1v) is 10.7. The number of amides is 1. The molecule has 1 aromatic heterocycles. The summed E-state index contributed by atoms with van der Waals surface area (Å²) < 4.78 is 32.8. The summed E-state index contributed by atoms with van der Waals surface area (Å²) in [4.78, 5) is 16.6. The molecule has 0 saturated carbocycles. The zero-order valence-electron chi connectivity index (χ0n) is 16.1. The Labute approximate surface area is 165 Å². The summed E-state index contributed by atoms with van der Waals surface area (Å²) in [6.07, 6.45) is 4.38. The first-order chi connectivity index (χ1) is 13.4. The fourth-order valence-electron chi connectivity index (χ4n) is 3.32. The number of hydrogen-bond acceptors (Lipinski definition) is 5. The van der Waals surface area contributed by atoms with Crippen molar-refractivity contribution in [2.24, 2.45) is 5.92 Å². The van der Waals surface area contributed by atoms with Crippen LogP contribution < -0.4 is 10.1 Å². The number of aromatic nitrogens is 1. The molecule has 1 fully saturated rings. The fraction of sp³-hybridized carbons (Fsp3) is 0.400. The third-order valence-corrected chi connectivity index (χ3v) is 6.87. The topological polar surface area (TPSA) is 88.6 Å². The number of methoxy groups -OCH3 is 1. The van der Waals surface area contributed by atoms with Gasteiger partial charge in [-0.15, -0.1) is 0 Å². The van der Waals surface area contributed by atoms with E-state index >= 15 is 0 Å². The van der Waals surface area contributed by atoms with Gasteiger partial charge in [-0.3, -0.25) is 9.78 Å². The number of pyridine rings is 1. The van der Waals surface area contributed by atoms with Crippen molar-refractivity contribution in [2.45, 2.75) is 31.2 Å². The molecule has 0 spiro atoms. The van der Waals surface area contributed by atoms with Crippen LogP contribution in [-0.4, -0.2) is 43.8 Å². The van der Waals surface area contributed by atoms with Crippen LogP contribution >= 0.6 is 0 Å². The molecule has 0 atom stereocenters. The standard InChI is InChI=1S/C20H25N3O4S/c1-15-5-6-18(27-2)19(12-15)28(25,26)23-10-7-17(8-11-23)20(24)22-14-16-4-3-9-21-13-16/h3-6,9,12-13,17H,7-8,10-11,14H2,1-2H3,(H,22,24). The van der Waals surface area contributed by atoms with E-state index in [1.54, 1.807) is 24.5 Å². The Kier molecular flexibility index (Phi) is 6.31. The van der Waals surface area contributed by atoms with E-state index in [2.05, 4.69) is 10.3 Å². The first kappa shape index (κ1) is 20.3. The van der Waals surface area contributed by atoms with Crippen LogP contribution in [0.25, 0.3) is 0 Å². The van der Waals surface area contributed by atoms with Gasteiger partial charge in [-0.1, -0.05) is 12.1 Å². The van der Waals surface area contributed by atoms with E-state index in [4.69, 9.17) is 4.74 Å². The Balaban J connectivity index is 1.61. The lowest BCUT2D eigenvalue weighted by atomic mass is 9.97. The number of sulfonamides is 1. The van der Waals surface area contributed by atoms with Crippen LogP contribution in [0.15, 0.2) is 47.6 Å². The lowest BCUT2D eigenvalue weighted by Crippen LogP contribution is -2.42. The van der Waals surface area contributed by atoms with Crippen LogP contribution in [0.4, 0.5) is 0 Å². The minimum atomic E-state index is -3.66. The average molecular weight is 404 g/mol. The maximum absolute atomic E-state index is 13.0. The van der Waals surface area contributed by atoms with Crippen molar-refractivity contribution in [1.82, 2.24) is 14.6 Å². The van der Waals surface area contributed by atoms with Gasteiger partial charge in [-0.05, 0) is 49.1 Å². The Morgan fingerprint density at radius 3 is 2.68 bits per heavy atom. The molecule has 0 bridgehead atoms. The third kappa shape index (κ3) is 4.51. The number of ether oxygens (including phenoxy) is 1. The predicted octanol–water partition coefficient (Wildman–Crippen LogP) is 2.12. The van der Waals surface area contributed by atoms with Crippen molar-refractivity contribution in [2.75, 3.05) is 20.2 Å². The van der Waals surface area contributed by atoms with Crippen molar-refractivity contribution in [3.63, 3.8) is 0 Å². The number of benzene rings is 1. The van der Waals surface area contributed by atoms with Crippen molar-refractivity contribution >= 4 is 15.9 Å². The summed E-state index contributed by atoms with van der Waals surface area (Å²) in [5.74, 6) is 0.0958. The van der Waals surface area contributed by atoms with Gasteiger partial charge in [0.25, 0.3) is 0 Å². The quantitative estimate of drug-likeness (QED) is 0.798. The highest BCUT2D eigenvalue weighted by molar-refractivity contribution is 7.89. The number of rotatable bonds is 6. The molecule has 2 aromatic rings. The largest absolute Gasteiger partial charge is 0.495 e. The highest BCUT2D eigenvalue weighted by Gasteiger charge is 2.33. The minimum Gasteiger partial charge on any atom is -0.495 e. The van der Waals surface area contributed by atoms with Crippen LogP contribution in [0.2, 0.25) is 0 Å². The highest BCUT2D eigenvalue weighted by atomic mass is 32.2. The average Bonchev–Trinajstić information content (AvgIpc) is 2.73. The van der Waals surface area contributed by atoms with E-state index in [-0.39, 0.29) is 16.7 Å². The Hall–Kier alpha value is -2.45. The predicted molar refractivity (Wildman–Crippen MR) is 105 cm³/mol. The second kappa shape index (κ2) is 8.70. The molecule has 7 nitrogen and oxygen atoms in total. The minimum absolute atomic E-state index is 0.0472. The van der Waals surface area contributed by atoms with E-state index < -0.39 is 10.0 Å². The zero-order chi connectivity index (χ0) is 20.1. The van der Waals surface area contributed by atoms with E-state index in [9.17, 15) is 13.2 Å². The van der Waals surface area contributed by atoms with Crippen molar-refractivity contribution in [1.29, 1.82) is 0 Å². The normalized spacial score (nSPS) is 15.9. The van der Waals surface area contributed by atoms with Gasteiger partial charge in [-0.2, -0.15) is 4.31 Å². The molecule has 1 aromatic carbocycles. The molecule has 1 saturated heterocycles. The van der Waals surface area contributed by atoms with Crippen LogP contribution in [0.1, 0.15) is 24.0 Å². The van der Waals surface area contributed by atoms with Crippen LogP contribution in [0.5, 0.6) is 5.75 Å². The number of hydrogen-bond donors (Lipinski definition) is 1. The van der Waals surface area contributed by atoms with Crippen molar-refractivity contribution in [3.05, 3.63) is 53.9 Å². The lowest BCUT2D eigenvalue weighted by Gasteiger charge is -2.31. The van der Waals surface area contributed by atoms with E-state index in [1.165, 1.54) is 11.4 Å². The number of carbonyl (C=O) groups is 1. The summed E-state index contributed by atoms with van der Waals surface area (Å²) in [5.41, 5.74) is 1.78. The van der Waals surface area contributed by atoms with E-state index in [0.717, 1.165) is 11.1 Å². The number of piperidine rings is 1. The maximum atomic E-state index is 13.0. The lowest BCUT2D eigenvalue weighted by molar-refractivity contribution is -0.126. The first-order valence-electron chi connectivity index (χ1n) is 9.23. The summed E-state index contributed by atoms with van der Waals surface area (Å²) in [7, 11) is -2.20. The van der Waals surface area contributed by atoms with E-state index in [0.29, 0.717) is 38.2 Å². The fourth-order valence-corrected chi connectivity index (χ4v) is 5.03. The number of aryl methyl sites for hydroxylation is 1. The molecule has 0 aliphatic carbocycles. The molecule has 8 heteroatoms. The third-order valence-electron chi connectivity index (χ3n) is 4.95. The van der Waals surface area contributed by atoms with Gasteiger partial charge in [0.1, 0.15) is 10.6 Å². The van der Waals surface area contributed by atoms with Gasteiger partial charge in [0.05, 0.1) is 7.11 Å². The Bertz CT molecular complexity index is 924. The molecule has 150 valence electrons. The van der Waals surface area contributed by atoms with Gasteiger partial charge in [-0.25, -0.2) is 8.42 Å². The molecule has 2 heterocycles. The number of nitrogens with zero attached hydrogens (tertiary/aromatic N) is 2. The van der Waals surface area contributed by atoms with Gasteiger partial charge in [0.15, 0.2) is 0 Å². The van der Waals surface area contributed by atoms with E-state index in [1.807, 2.05) is 25.1 Å². The number of nitrogens with one attached hydrogen (secondary N) is 1. The Morgan fingerprint density at radius 2 is 2.04 bits per heavy atom. The zero-order valence-corrected chi connectivity index (χ0v) is 16.9. The molecule has 0 radical (unpaired) electrons. The SMILES string of the molecule is COc1ccc(C)cc1S(=O)(=O)N1CCC(C(=O)NCc2cccnc2)CC1. The van der Waals surface area contributed by atoms with Crippen LogP contribution in [-0.2, 0) is 21.4 Å². The van der Waals surface area contributed by atoms with Crippen molar-refractivity contribution in [3.8, 4) is 5.75 Å². The molecular formula is C20H25N3O4S. The van der Waals surface area contributed by atoms with Crippen LogP contribution in [0, 0.1) is 12.8 Å². The summed E-state index contributed by atoms with van der Waals surface area (Å²) >= 11 is 0. The maximum Gasteiger partial charge on any atom is 0.246 e. The molecule has 1 N–H and O–H groups in total. The summed E-state index contributed by atoms with van der Waals surface area (Å²) in [6, 6.07) is 8.83. The molecule has 3 rings (SSSR count). The van der Waals surface area contributed by atoms with Gasteiger partial charge in [0.2, 0.25) is 15.9 Å².